The lowest BCUT2D eigenvalue weighted by Crippen LogP contribution is -2.54. The fourth-order valence-electron chi connectivity index (χ4n) is 3.88. The maximum Gasteiger partial charge on any atom is 0.264 e. The van der Waals surface area contributed by atoms with Gasteiger partial charge in [0.2, 0.25) is 11.8 Å². The van der Waals surface area contributed by atoms with Gasteiger partial charge in [-0.15, -0.1) is 0 Å². The minimum absolute atomic E-state index is 0.00231. The van der Waals surface area contributed by atoms with E-state index < -0.39 is 34.1 Å². The van der Waals surface area contributed by atoms with Crippen LogP contribution in [0.25, 0.3) is 0 Å². The van der Waals surface area contributed by atoms with E-state index in [0.29, 0.717) is 0 Å². The van der Waals surface area contributed by atoms with Crippen molar-refractivity contribution in [2.75, 3.05) is 10.8 Å². The van der Waals surface area contributed by atoms with Crippen molar-refractivity contribution in [1.82, 2.24) is 10.2 Å². The Morgan fingerprint density at radius 3 is 2.03 bits per heavy atom. The molecule has 3 aromatic rings. The largest absolute Gasteiger partial charge is 0.350 e. The van der Waals surface area contributed by atoms with Crippen molar-refractivity contribution >= 4 is 50.7 Å². The SMILES string of the molecule is Cc1ccc(CN(C(=O)CN(c2cc(Cl)cc(Cl)c2)S(=O)(=O)c2ccccc2)C(C)C(=O)NC(C)(C)C)cc1. The Morgan fingerprint density at radius 2 is 1.49 bits per heavy atom. The predicted octanol–water partition coefficient (Wildman–Crippen LogP) is 5.83. The van der Waals surface area contributed by atoms with Crippen LogP contribution in [0.1, 0.15) is 38.8 Å². The molecular weight excluding hydrogens is 557 g/mol. The molecular formula is C29H33Cl2N3O4S. The molecule has 0 aliphatic rings. The molecule has 0 saturated heterocycles. The summed E-state index contributed by atoms with van der Waals surface area (Å²) < 4.78 is 28.6. The Balaban J connectivity index is 2.05. The Bertz CT molecular complexity index is 1400. The van der Waals surface area contributed by atoms with Crippen LogP contribution >= 0.6 is 23.2 Å². The normalized spacial score (nSPS) is 12.5. The fourth-order valence-corrected chi connectivity index (χ4v) is 5.81. The molecule has 3 aromatic carbocycles. The number of hydrogen-bond acceptors (Lipinski definition) is 4. The number of nitrogens with one attached hydrogen (secondary N) is 1. The number of rotatable bonds is 9. The van der Waals surface area contributed by atoms with Crippen LogP contribution in [-0.2, 0) is 26.2 Å². The van der Waals surface area contributed by atoms with Gasteiger partial charge in [0.25, 0.3) is 10.0 Å². The van der Waals surface area contributed by atoms with E-state index in [2.05, 4.69) is 5.32 Å². The predicted molar refractivity (Wildman–Crippen MR) is 157 cm³/mol. The highest BCUT2D eigenvalue weighted by molar-refractivity contribution is 7.92. The van der Waals surface area contributed by atoms with Gasteiger partial charge in [0.15, 0.2) is 0 Å². The highest BCUT2D eigenvalue weighted by Gasteiger charge is 2.33. The van der Waals surface area contributed by atoms with Crippen LogP contribution in [0.2, 0.25) is 10.0 Å². The lowest BCUT2D eigenvalue weighted by atomic mass is 10.1. The van der Waals surface area contributed by atoms with Gasteiger partial charge in [-0.2, -0.15) is 0 Å². The van der Waals surface area contributed by atoms with Gasteiger partial charge < -0.3 is 10.2 Å². The van der Waals surface area contributed by atoms with E-state index in [9.17, 15) is 18.0 Å². The van der Waals surface area contributed by atoms with Crippen LogP contribution < -0.4 is 9.62 Å². The maximum absolute atomic E-state index is 13.9. The lowest BCUT2D eigenvalue weighted by molar-refractivity contribution is -0.140. The molecule has 1 N–H and O–H groups in total. The van der Waals surface area contributed by atoms with Crippen molar-refractivity contribution in [3.05, 3.63) is 94.0 Å². The second kappa shape index (κ2) is 12.4. The minimum atomic E-state index is -4.20. The molecule has 0 heterocycles. The van der Waals surface area contributed by atoms with Crippen LogP contribution in [0.15, 0.2) is 77.7 Å². The molecule has 2 amide bonds. The van der Waals surface area contributed by atoms with E-state index in [1.165, 1.54) is 35.2 Å². The first-order chi connectivity index (χ1) is 18.2. The number of sulfonamides is 1. The van der Waals surface area contributed by atoms with Gasteiger partial charge in [-0.1, -0.05) is 71.2 Å². The number of anilines is 1. The quantitative estimate of drug-likeness (QED) is 0.340. The summed E-state index contributed by atoms with van der Waals surface area (Å²) in [5.41, 5.74) is 1.46. The van der Waals surface area contributed by atoms with E-state index in [1.807, 2.05) is 52.0 Å². The van der Waals surface area contributed by atoms with Crippen LogP contribution in [0, 0.1) is 6.92 Å². The van der Waals surface area contributed by atoms with E-state index in [-0.39, 0.29) is 33.1 Å². The Kier molecular flexibility index (Phi) is 9.69. The first-order valence-corrected chi connectivity index (χ1v) is 14.6. The van der Waals surface area contributed by atoms with Crippen molar-refractivity contribution in [2.45, 2.75) is 57.6 Å². The van der Waals surface area contributed by atoms with Crippen molar-refractivity contribution in [3.63, 3.8) is 0 Å². The molecule has 0 bridgehead atoms. The highest BCUT2D eigenvalue weighted by atomic mass is 35.5. The van der Waals surface area contributed by atoms with Crippen LogP contribution in [-0.4, -0.2) is 43.3 Å². The molecule has 10 heteroatoms. The van der Waals surface area contributed by atoms with Gasteiger partial charge in [-0.05, 0) is 70.5 Å². The molecule has 7 nitrogen and oxygen atoms in total. The van der Waals surface area contributed by atoms with Crippen LogP contribution in [0.5, 0.6) is 0 Å². The van der Waals surface area contributed by atoms with Gasteiger partial charge in [-0.3, -0.25) is 13.9 Å². The zero-order chi connectivity index (χ0) is 29.0. The second-order valence-corrected chi connectivity index (χ2v) is 13.1. The Morgan fingerprint density at radius 1 is 0.923 bits per heavy atom. The molecule has 0 radical (unpaired) electrons. The molecule has 39 heavy (non-hydrogen) atoms. The summed E-state index contributed by atoms with van der Waals surface area (Å²) in [6.45, 7) is 8.65. The van der Waals surface area contributed by atoms with E-state index >= 15 is 0 Å². The number of aryl methyl sites for hydroxylation is 1. The van der Waals surface area contributed by atoms with Crippen molar-refractivity contribution < 1.29 is 18.0 Å². The number of amides is 2. The van der Waals surface area contributed by atoms with Crippen LogP contribution in [0.4, 0.5) is 5.69 Å². The Hall–Kier alpha value is -3.07. The highest BCUT2D eigenvalue weighted by Crippen LogP contribution is 2.30. The minimum Gasteiger partial charge on any atom is -0.350 e. The van der Waals surface area contributed by atoms with Gasteiger partial charge in [0.05, 0.1) is 10.6 Å². The molecule has 0 aliphatic carbocycles. The number of nitrogens with zero attached hydrogens (tertiary/aromatic N) is 2. The molecule has 208 valence electrons. The summed E-state index contributed by atoms with van der Waals surface area (Å²) in [4.78, 5) is 28.5. The first kappa shape index (κ1) is 30.5. The molecule has 3 rings (SSSR count). The summed E-state index contributed by atoms with van der Waals surface area (Å²) in [6.07, 6.45) is 0. The number of hydrogen-bond donors (Lipinski definition) is 1. The lowest BCUT2D eigenvalue weighted by Gasteiger charge is -2.33. The van der Waals surface area contributed by atoms with Crippen molar-refractivity contribution in [1.29, 1.82) is 0 Å². The summed E-state index contributed by atoms with van der Waals surface area (Å²) in [7, 11) is -4.20. The third-order valence-corrected chi connectivity index (χ3v) is 8.11. The molecule has 0 fully saturated rings. The zero-order valence-corrected chi connectivity index (χ0v) is 24.9. The number of halogens is 2. The summed E-state index contributed by atoms with van der Waals surface area (Å²) in [6, 6.07) is 18.8. The average molecular weight is 591 g/mol. The zero-order valence-electron chi connectivity index (χ0n) is 22.6. The fraction of sp³-hybridized carbons (Fsp3) is 0.310. The maximum atomic E-state index is 13.9. The summed E-state index contributed by atoms with van der Waals surface area (Å²) >= 11 is 12.4. The number of carbonyl (C=O) groups excluding carboxylic acids is 2. The Labute approximate surface area is 240 Å². The van der Waals surface area contributed by atoms with Gasteiger partial charge in [-0.25, -0.2) is 8.42 Å². The van der Waals surface area contributed by atoms with Crippen molar-refractivity contribution in [2.24, 2.45) is 0 Å². The van der Waals surface area contributed by atoms with E-state index in [1.54, 1.807) is 25.1 Å². The average Bonchev–Trinajstić information content (AvgIpc) is 2.85. The van der Waals surface area contributed by atoms with E-state index in [4.69, 9.17) is 23.2 Å². The molecule has 0 aromatic heterocycles. The number of benzene rings is 3. The molecule has 0 spiro atoms. The molecule has 0 aliphatic heterocycles. The third-order valence-electron chi connectivity index (χ3n) is 5.88. The molecule has 0 saturated carbocycles. The monoisotopic (exact) mass is 589 g/mol. The third kappa shape index (κ3) is 8.21. The van der Waals surface area contributed by atoms with Crippen LogP contribution in [0.3, 0.4) is 0 Å². The first-order valence-electron chi connectivity index (χ1n) is 12.4. The van der Waals surface area contributed by atoms with Gasteiger partial charge in [0.1, 0.15) is 12.6 Å². The van der Waals surface area contributed by atoms with Crippen molar-refractivity contribution in [3.8, 4) is 0 Å². The van der Waals surface area contributed by atoms with Gasteiger partial charge >= 0.3 is 0 Å². The topological polar surface area (TPSA) is 86.8 Å². The number of carbonyl (C=O) groups is 2. The standard InChI is InChI=1S/C29H33Cl2N3O4S/c1-20-11-13-22(14-12-20)18-33(21(2)28(36)32-29(3,4)5)27(35)19-34(25-16-23(30)15-24(31)17-25)39(37,38)26-9-7-6-8-10-26/h6-17,21H,18-19H2,1-5H3,(H,32,36). The smallest absolute Gasteiger partial charge is 0.264 e. The summed E-state index contributed by atoms with van der Waals surface area (Å²) in [5, 5.41) is 3.34. The molecule has 1 unspecified atom stereocenters. The summed E-state index contributed by atoms with van der Waals surface area (Å²) in [5.74, 6) is -0.922. The van der Waals surface area contributed by atoms with E-state index in [0.717, 1.165) is 15.4 Å². The molecule has 1 atom stereocenters. The second-order valence-electron chi connectivity index (χ2n) is 10.4. The van der Waals surface area contributed by atoms with Gasteiger partial charge in [0, 0.05) is 22.1 Å².